The standard InChI is InChI=1S/C16H12ClN3O2/c1-9-13(17)5-4-11-14(9)19-8-12(16(21)22)15(11)20-10-3-2-6-18-7-10/h2-8H,1H3,(H,19,20)(H,21,22). The summed E-state index contributed by atoms with van der Waals surface area (Å²) in [6, 6.07) is 7.09. The van der Waals surface area contributed by atoms with E-state index in [1.54, 1.807) is 30.6 Å². The lowest BCUT2D eigenvalue weighted by atomic mass is 10.1. The Morgan fingerprint density at radius 1 is 1.27 bits per heavy atom. The topological polar surface area (TPSA) is 75.1 Å². The van der Waals surface area contributed by atoms with E-state index < -0.39 is 5.97 Å². The molecule has 0 saturated heterocycles. The van der Waals surface area contributed by atoms with Crippen molar-refractivity contribution in [1.29, 1.82) is 0 Å². The maximum Gasteiger partial charge on any atom is 0.339 e. The van der Waals surface area contributed by atoms with Gasteiger partial charge in [0.05, 0.1) is 23.1 Å². The van der Waals surface area contributed by atoms with E-state index in [-0.39, 0.29) is 5.56 Å². The lowest BCUT2D eigenvalue weighted by Gasteiger charge is -2.14. The fourth-order valence-corrected chi connectivity index (χ4v) is 2.41. The lowest BCUT2D eigenvalue weighted by Crippen LogP contribution is -2.05. The molecule has 0 bridgehead atoms. The molecular weight excluding hydrogens is 302 g/mol. The van der Waals surface area contributed by atoms with Crippen LogP contribution in [0.15, 0.2) is 42.9 Å². The monoisotopic (exact) mass is 313 g/mol. The molecule has 0 aliphatic carbocycles. The van der Waals surface area contributed by atoms with Crippen molar-refractivity contribution in [2.24, 2.45) is 0 Å². The van der Waals surface area contributed by atoms with Crippen molar-refractivity contribution in [2.75, 3.05) is 5.32 Å². The minimum absolute atomic E-state index is 0.0954. The van der Waals surface area contributed by atoms with Crippen LogP contribution in [0.1, 0.15) is 15.9 Å². The molecule has 110 valence electrons. The van der Waals surface area contributed by atoms with Crippen molar-refractivity contribution in [3.63, 3.8) is 0 Å². The number of fused-ring (bicyclic) bond motifs is 1. The zero-order valence-electron chi connectivity index (χ0n) is 11.7. The fourth-order valence-electron chi connectivity index (χ4n) is 2.26. The number of rotatable bonds is 3. The third kappa shape index (κ3) is 2.46. The van der Waals surface area contributed by atoms with Crippen LogP contribution in [0.3, 0.4) is 0 Å². The highest BCUT2D eigenvalue weighted by molar-refractivity contribution is 6.32. The average Bonchev–Trinajstić information content (AvgIpc) is 2.52. The number of carbonyl (C=O) groups is 1. The molecule has 5 nitrogen and oxygen atoms in total. The second-order valence-electron chi connectivity index (χ2n) is 4.79. The molecule has 0 unspecified atom stereocenters. The molecule has 2 heterocycles. The summed E-state index contributed by atoms with van der Waals surface area (Å²) in [6.07, 6.45) is 4.62. The van der Waals surface area contributed by atoms with Crippen molar-refractivity contribution >= 4 is 39.8 Å². The zero-order chi connectivity index (χ0) is 15.7. The maximum atomic E-state index is 11.5. The van der Waals surface area contributed by atoms with Gasteiger partial charge in [0, 0.05) is 22.8 Å². The number of aromatic carboxylic acids is 1. The van der Waals surface area contributed by atoms with Gasteiger partial charge in [-0.2, -0.15) is 0 Å². The number of nitrogens with one attached hydrogen (secondary N) is 1. The number of carboxylic acid groups (broad SMARTS) is 1. The number of hydrogen-bond donors (Lipinski definition) is 2. The van der Waals surface area contributed by atoms with Crippen molar-refractivity contribution < 1.29 is 9.90 Å². The highest BCUT2D eigenvalue weighted by atomic mass is 35.5. The summed E-state index contributed by atoms with van der Waals surface area (Å²) in [5, 5.41) is 13.8. The molecule has 1 aromatic carbocycles. The molecule has 0 atom stereocenters. The number of nitrogens with zero attached hydrogens (tertiary/aromatic N) is 2. The predicted octanol–water partition coefficient (Wildman–Crippen LogP) is 4.03. The van der Waals surface area contributed by atoms with Crippen LogP contribution in [0.5, 0.6) is 0 Å². The van der Waals surface area contributed by atoms with Crippen LogP contribution in [0, 0.1) is 6.92 Å². The number of aryl methyl sites for hydroxylation is 1. The first-order valence-electron chi connectivity index (χ1n) is 6.56. The number of benzene rings is 1. The van der Waals surface area contributed by atoms with Gasteiger partial charge >= 0.3 is 5.97 Å². The van der Waals surface area contributed by atoms with Gasteiger partial charge in [-0.3, -0.25) is 9.97 Å². The predicted molar refractivity (Wildman–Crippen MR) is 86.0 cm³/mol. The van der Waals surface area contributed by atoms with Crippen LogP contribution in [-0.4, -0.2) is 21.0 Å². The Morgan fingerprint density at radius 3 is 2.77 bits per heavy atom. The summed E-state index contributed by atoms with van der Waals surface area (Å²) in [5.74, 6) is -1.05. The van der Waals surface area contributed by atoms with Gasteiger partial charge in [0.1, 0.15) is 5.56 Å². The fraction of sp³-hybridized carbons (Fsp3) is 0.0625. The molecule has 2 aromatic heterocycles. The van der Waals surface area contributed by atoms with E-state index >= 15 is 0 Å². The van der Waals surface area contributed by atoms with Gasteiger partial charge in [0.2, 0.25) is 0 Å². The van der Waals surface area contributed by atoms with E-state index in [1.165, 1.54) is 6.20 Å². The molecule has 0 spiro atoms. The second-order valence-corrected chi connectivity index (χ2v) is 5.19. The SMILES string of the molecule is Cc1c(Cl)ccc2c(Nc3cccnc3)c(C(=O)O)cnc12. The number of hydrogen-bond acceptors (Lipinski definition) is 4. The smallest absolute Gasteiger partial charge is 0.339 e. The normalized spacial score (nSPS) is 10.6. The van der Waals surface area contributed by atoms with E-state index in [2.05, 4.69) is 15.3 Å². The van der Waals surface area contributed by atoms with Crippen LogP contribution in [0.2, 0.25) is 5.02 Å². The molecule has 0 saturated carbocycles. The Kier molecular flexibility index (Phi) is 3.65. The first-order chi connectivity index (χ1) is 10.6. The van der Waals surface area contributed by atoms with Crippen LogP contribution in [-0.2, 0) is 0 Å². The maximum absolute atomic E-state index is 11.5. The van der Waals surface area contributed by atoms with Crippen LogP contribution >= 0.6 is 11.6 Å². The van der Waals surface area contributed by atoms with E-state index in [0.717, 1.165) is 5.56 Å². The van der Waals surface area contributed by atoms with E-state index in [0.29, 0.717) is 27.3 Å². The number of pyridine rings is 2. The van der Waals surface area contributed by atoms with Gasteiger partial charge in [-0.05, 0) is 36.8 Å². The van der Waals surface area contributed by atoms with Crippen molar-refractivity contribution in [1.82, 2.24) is 9.97 Å². The summed E-state index contributed by atoms with van der Waals surface area (Å²) >= 11 is 6.12. The van der Waals surface area contributed by atoms with Gasteiger partial charge in [-0.15, -0.1) is 0 Å². The number of carboxylic acids is 1. The molecule has 3 rings (SSSR count). The Bertz CT molecular complexity index is 866. The van der Waals surface area contributed by atoms with Gasteiger partial charge in [-0.25, -0.2) is 4.79 Å². The minimum Gasteiger partial charge on any atom is -0.478 e. The minimum atomic E-state index is -1.05. The van der Waals surface area contributed by atoms with Crippen LogP contribution < -0.4 is 5.32 Å². The highest BCUT2D eigenvalue weighted by Crippen LogP contribution is 2.32. The second kappa shape index (κ2) is 5.61. The molecule has 0 radical (unpaired) electrons. The lowest BCUT2D eigenvalue weighted by molar-refractivity contribution is 0.0697. The Hall–Kier alpha value is -2.66. The molecule has 0 amide bonds. The highest BCUT2D eigenvalue weighted by Gasteiger charge is 2.16. The van der Waals surface area contributed by atoms with Crippen molar-refractivity contribution in [3.05, 3.63) is 59.0 Å². The molecule has 22 heavy (non-hydrogen) atoms. The molecule has 2 N–H and O–H groups in total. The first kappa shape index (κ1) is 14.3. The first-order valence-corrected chi connectivity index (χ1v) is 6.94. The largest absolute Gasteiger partial charge is 0.478 e. The van der Waals surface area contributed by atoms with Crippen molar-refractivity contribution in [2.45, 2.75) is 6.92 Å². The number of halogens is 1. The zero-order valence-corrected chi connectivity index (χ0v) is 12.4. The molecule has 6 heteroatoms. The van der Waals surface area contributed by atoms with Crippen LogP contribution in [0.4, 0.5) is 11.4 Å². The molecule has 0 aliphatic rings. The molecule has 0 fully saturated rings. The Labute approximate surface area is 131 Å². The summed E-state index contributed by atoms with van der Waals surface area (Å²) in [6.45, 7) is 1.85. The van der Waals surface area contributed by atoms with E-state index in [1.807, 2.05) is 13.0 Å². The van der Waals surface area contributed by atoms with Gasteiger partial charge in [0.15, 0.2) is 0 Å². The van der Waals surface area contributed by atoms with Crippen molar-refractivity contribution in [3.8, 4) is 0 Å². The van der Waals surface area contributed by atoms with Gasteiger partial charge < -0.3 is 10.4 Å². The Morgan fingerprint density at radius 2 is 2.09 bits per heavy atom. The van der Waals surface area contributed by atoms with Gasteiger partial charge in [-0.1, -0.05) is 11.6 Å². The summed E-state index contributed by atoms with van der Waals surface area (Å²) < 4.78 is 0. The summed E-state index contributed by atoms with van der Waals surface area (Å²) in [5.41, 5.74) is 2.75. The quantitative estimate of drug-likeness (QED) is 0.763. The number of anilines is 2. The number of aromatic nitrogens is 2. The summed E-state index contributed by atoms with van der Waals surface area (Å²) in [4.78, 5) is 19.8. The summed E-state index contributed by atoms with van der Waals surface area (Å²) in [7, 11) is 0. The Balaban J connectivity index is 2.26. The van der Waals surface area contributed by atoms with E-state index in [4.69, 9.17) is 11.6 Å². The van der Waals surface area contributed by atoms with Crippen LogP contribution in [0.25, 0.3) is 10.9 Å². The average molecular weight is 314 g/mol. The molecule has 0 aliphatic heterocycles. The molecule has 3 aromatic rings. The third-order valence-corrected chi connectivity index (χ3v) is 3.80. The van der Waals surface area contributed by atoms with Gasteiger partial charge in [0.25, 0.3) is 0 Å². The third-order valence-electron chi connectivity index (χ3n) is 3.39. The van der Waals surface area contributed by atoms with E-state index in [9.17, 15) is 9.90 Å². The molecular formula is C16H12ClN3O2.